The molecule has 1 aromatic rings. The van der Waals surface area contributed by atoms with Crippen LogP contribution in [0, 0.1) is 0 Å². The third kappa shape index (κ3) is 4.16. The molecule has 0 aliphatic carbocycles. The molecule has 0 radical (unpaired) electrons. The molecule has 0 aliphatic heterocycles. The lowest BCUT2D eigenvalue weighted by atomic mass is 10.1. The van der Waals surface area contributed by atoms with Gasteiger partial charge >= 0.3 is 0 Å². The number of hydrogen-bond donors (Lipinski definition) is 1. The van der Waals surface area contributed by atoms with E-state index in [0.29, 0.717) is 23.6 Å². The van der Waals surface area contributed by atoms with Crippen molar-refractivity contribution in [3.05, 3.63) is 23.8 Å². The Morgan fingerprint density at radius 3 is 2.53 bits per heavy atom. The second-order valence-electron chi connectivity index (χ2n) is 4.82. The van der Waals surface area contributed by atoms with Gasteiger partial charge in [0.05, 0.1) is 6.61 Å². The summed E-state index contributed by atoms with van der Waals surface area (Å²) >= 11 is 0. The molecule has 0 saturated carbocycles. The third-order valence-corrected chi connectivity index (χ3v) is 2.84. The van der Waals surface area contributed by atoms with Gasteiger partial charge in [0.1, 0.15) is 5.75 Å². The fraction of sp³-hybridized carbons (Fsp3) is 0.533. The highest BCUT2D eigenvalue weighted by Gasteiger charge is 2.18. The minimum atomic E-state index is 0.00473. The van der Waals surface area contributed by atoms with Gasteiger partial charge in [-0.25, -0.2) is 0 Å². The summed E-state index contributed by atoms with van der Waals surface area (Å²) in [5.74, 6) is 0.649. The Bertz CT molecular complexity index is 430. The van der Waals surface area contributed by atoms with Crippen LogP contribution < -0.4 is 10.5 Å². The van der Waals surface area contributed by atoms with Crippen LogP contribution in [0.3, 0.4) is 0 Å². The minimum absolute atomic E-state index is 0.00473. The largest absolute Gasteiger partial charge is 0.494 e. The number of amides is 1. The number of nitrogens with two attached hydrogens (primary N) is 1. The minimum Gasteiger partial charge on any atom is -0.494 e. The Hall–Kier alpha value is -1.71. The molecule has 0 unspecified atom stereocenters. The second-order valence-corrected chi connectivity index (χ2v) is 4.82. The molecule has 1 aromatic carbocycles. The average molecular weight is 264 g/mol. The van der Waals surface area contributed by atoms with E-state index in [0.717, 1.165) is 13.0 Å². The molecule has 0 saturated heterocycles. The smallest absolute Gasteiger partial charge is 0.254 e. The van der Waals surface area contributed by atoms with Crippen LogP contribution in [-0.4, -0.2) is 30.0 Å². The van der Waals surface area contributed by atoms with Crippen LogP contribution >= 0.6 is 0 Å². The van der Waals surface area contributed by atoms with Crippen LogP contribution in [0.15, 0.2) is 18.2 Å². The van der Waals surface area contributed by atoms with Gasteiger partial charge in [0.2, 0.25) is 0 Å². The van der Waals surface area contributed by atoms with Crippen LogP contribution in [0.4, 0.5) is 5.69 Å². The first-order valence-corrected chi connectivity index (χ1v) is 6.83. The predicted octanol–water partition coefficient (Wildman–Crippen LogP) is 2.93. The Balaban J connectivity index is 3.03. The van der Waals surface area contributed by atoms with Crippen molar-refractivity contribution in [1.82, 2.24) is 4.90 Å². The highest BCUT2D eigenvalue weighted by atomic mass is 16.5. The molecule has 4 heteroatoms. The topological polar surface area (TPSA) is 55.6 Å². The van der Waals surface area contributed by atoms with Gasteiger partial charge in [0.25, 0.3) is 5.91 Å². The molecule has 106 valence electrons. The molecule has 0 fully saturated rings. The molecule has 4 nitrogen and oxygen atoms in total. The van der Waals surface area contributed by atoms with Gasteiger partial charge in [-0.05, 0) is 39.3 Å². The zero-order chi connectivity index (χ0) is 14.4. The summed E-state index contributed by atoms with van der Waals surface area (Å²) in [5, 5.41) is 0. The number of carbonyl (C=O) groups is 1. The van der Waals surface area contributed by atoms with Crippen molar-refractivity contribution in [2.45, 2.75) is 40.2 Å². The number of anilines is 1. The molecule has 0 bridgehead atoms. The van der Waals surface area contributed by atoms with Crippen molar-refractivity contribution >= 4 is 11.6 Å². The standard InChI is InChI=1S/C15H24N2O2/c1-5-7-17(11(3)4)15(18)12-8-13(16)10-14(9-12)19-6-2/h8-11H,5-7,16H2,1-4H3. The van der Waals surface area contributed by atoms with Crippen LogP contribution in [0.5, 0.6) is 5.75 Å². The van der Waals surface area contributed by atoms with Crippen molar-refractivity contribution in [1.29, 1.82) is 0 Å². The zero-order valence-corrected chi connectivity index (χ0v) is 12.3. The molecular formula is C15H24N2O2. The fourth-order valence-corrected chi connectivity index (χ4v) is 2.00. The Labute approximate surface area is 115 Å². The molecule has 19 heavy (non-hydrogen) atoms. The molecule has 2 N–H and O–H groups in total. The van der Waals surface area contributed by atoms with Gasteiger partial charge in [0.15, 0.2) is 0 Å². The third-order valence-electron chi connectivity index (χ3n) is 2.84. The number of ether oxygens (including phenoxy) is 1. The highest BCUT2D eigenvalue weighted by molar-refractivity contribution is 5.95. The number of benzene rings is 1. The highest BCUT2D eigenvalue weighted by Crippen LogP contribution is 2.21. The number of nitrogen functional groups attached to an aromatic ring is 1. The summed E-state index contributed by atoms with van der Waals surface area (Å²) < 4.78 is 5.43. The maximum absolute atomic E-state index is 12.5. The van der Waals surface area contributed by atoms with Crippen molar-refractivity contribution in [2.75, 3.05) is 18.9 Å². The van der Waals surface area contributed by atoms with E-state index in [-0.39, 0.29) is 11.9 Å². The fourth-order valence-electron chi connectivity index (χ4n) is 2.00. The monoisotopic (exact) mass is 264 g/mol. The molecule has 1 rings (SSSR count). The summed E-state index contributed by atoms with van der Waals surface area (Å²) in [6.07, 6.45) is 0.935. The predicted molar refractivity (Wildman–Crippen MR) is 78.5 cm³/mol. The van der Waals surface area contributed by atoms with Crippen molar-refractivity contribution < 1.29 is 9.53 Å². The molecule has 0 aliphatic rings. The van der Waals surface area contributed by atoms with Gasteiger partial charge < -0.3 is 15.4 Å². The van der Waals surface area contributed by atoms with Crippen molar-refractivity contribution in [3.63, 3.8) is 0 Å². The normalized spacial score (nSPS) is 10.6. The van der Waals surface area contributed by atoms with E-state index in [2.05, 4.69) is 6.92 Å². The Morgan fingerprint density at radius 1 is 1.32 bits per heavy atom. The van der Waals surface area contributed by atoms with Crippen LogP contribution in [-0.2, 0) is 0 Å². The van der Waals surface area contributed by atoms with Gasteiger partial charge in [-0.1, -0.05) is 6.92 Å². The SMILES string of the molecule is CCCN(C(=O)c1cc(N)cc(OCC)c1)C(C)C. The maximum Gasteiger partial charge on any atom is 0.254 e. The van der Waals surface area contributed by atoms with Crippen LogP contribution in [0.25, 0.3) is 0 Å². The number of nitrogens with zero attached hydrogens (tertiary/aromatic N) is 1. The van der Waals surface area contributed by atoms with E-state index in [4.69, 9.17) is 10.5 Å². The number of carbonyl (C=O) groups excluding carboxylic acids is 1. The molecule has 1 amide bonds. The van der Waals surface area contributed by atoms with Gasteiger partial charge in [-0.15, -0.1) is 0 Å². The Kier molecular flexibility index (Phi) is 5.67. The zero-order valence-electron chi connectivity index (χ0n) is 12.3. The first-order chi connectivity index (χ1) is 8.99. The summed E-state index contributed by atoms with van der Waals surface area (Å²) in [7, 11) is 0. The Morgan fingerprint density at radius 2 is 2.00 bits per heavy atom. The van der Waals surface area contributed by atoms with E-state index >= 15 is 0 Å². The van der Waals surface area contributed by atoms with Gasteiger partial charge in [0, 0.05) is 29.9 Å². The molecule has 0 aromatic heterocycles. The first kappa shape index (κ1) is 15.3. The lowest BCUT2D eigenvalue weighted by Crippen LogP contribution is -2.37. The summed E-state index contributed by atoms with van der Waals surface area (Å²) in [5.41, 5.74) is 6.97. The van der Waals surface area contributed by atoms with Crippen molar-refractivity contribution in [3.8, 4) is 5.75 Å². The van der Waals surface area contributed by atoms with E-state index in [1.807, 2.05) is 25.7 Å². The molecule has 0 heterocycles. The van der Waals surface area contributed by atoms with Gasteiger partial charge in [-0.2, -0.15) is 0 Å². The molecule has 0 spiro atoms. The summed E-state index contributed by atoms with van der Waals surface area (Å²) in [6.45, 7) is 9.30. The van der Waals surface area contributed by atoms with E-state index in [1.165, 1.54) is 0 Å². The van der Waals surface area contributed by atoms with Gasteiger partial charge in [-0.3, -0.25) is 4.79 Å². The average Bonchev–Trinajstić information content (AvgIpc) is 2.34. The number of rotatable bonds is 6. The first-order valence-electron chi connectivity index (χ1n) is 6.83. The van der Waals surface area contributed by atoms with Crippen molar-refractivity contribution in [2.24, 2.45) is 0 Å². The second kappa shape index (κ2) is 7.02. The lowest BCUT2D eigenvalue weighted by Gasteiger charge is -2.26. The van der Waals surface area contributed by atoms with E-state index in [9.17, 15) is 4.79 Å². The van der Waals surface area contributed by atoms with Crippen LogP contribution in [0.2, 0.25) is 0 Å². The molecular weight excluding hydrogens is 240 g/mol. The molecule has 0 atom stereocenters. The summed E-state index contributed by atoms with van der Waals surface area (Å²) in [4.78, 5) is 14.4. The van der Waals surface area contributed by atoms with E-state index < -0.39 is 0 Å². The van der Waals surface area contributed by atoms with Crippen LogP contribution in [0.1, 0.15) is 44.5 Å². The number of hydrogen-bond acceptors (Lipinski definition) is 3. The maximum atomic E-state index is 12.5. The summed E-state index contributed by atoms with van der Waals surface area (Å²) in [6, 6.07) is 5.37. The quantitative estimate of drug-likeness (QED) is 0.804. The van der Waals surface area contributed by atoms with E-state index in [1.54, 1.807) is 18.2 Å². The lowest BCUT2D eigenvalue weighted by molar-refractivity contribution is 0.0705.